The standard InChI is InChI=1S/C36H40F2N8O4/c1-3-25-26(38)8-7-21-13-24(47)15-29(30(21)25)45-19-28-31(34(45)49)32(41-35(40-28)50-20-36-9-5-11-44(36)17-22(37)16-36)43-10-6-12-46-23(18-43)14-27(42-46)33(48)39-4-2/h7-8,13-15,22,47H,3-6,9-12,16-20H2,1-2H3,(H,39,48)/t22-,36+/m1/s1. The Morgan fingerprint density at radius 3 is 2.80 bits per heavy atom. The van der Waals surface area contributed by atoms with E-state index in [1.165, 1.54) is 17.0 Å². The number of hydrogen-bond acceptors (Lipinski definition) is 9. The lowest BCUT2D eigenvalue weighted by Gasteiger charge is -2.31. The van der Waals surface area contributed by atoms with Crippen molar-refractivity contribution in [1.29, 1.82) is 0 Å². The number of halogens is 2. The second-order valence-corrected chi connectivity index (χ2v) is 13.7. The summed E-state index contributed by atoms with van der Waals surface area (Å²) in [7, 11) is 0. The van der Waals surface area contributed by atoms with Crippen LogP contribution in [0.25, 0.3) is 10.8 Å². The Balaban J connectivity index is 1.20. The van der Waals surface area contributed by atoms with Gasteiger partial charge in [0.25, 0.3) is 11.8 Å². The summed E-state index contributed by atoms with van der Waals surface area (Å²) in [6.45, 7) is 7.10. The molecule has 2 atom stereocenters. The molecule has 0 radical (unpaired) electrons. The maximum Gasteiger partial charge on any atom is 0.318 e. The fourth-order valence-electron chi connectivity index (χ4n) is 8.34. The molecule has 0 aliphatic carbocycles. The molecule has 2 fully saturated rings. The van der Waals surface area contributed by atoms with E-state index in [0.29, 0.717) is 96.8 Å². The number of fused-ring (bicyclic) bond motifs is 4. The number of carbonyl (C=O) groups excluding carboxylic acids is 2. The fraction of sp³-hybridized carbons (Fsp3) is 0.472. The lowest BCUT2D eigenvalue weighted by atomic mass is 9.95. The fourth-order valence-corrected chi connectivity index (χ4v) is 8.34. The van der Waals surface area contributed by atoms with Crippen molar-refractivity contribution in [2.24, 2.45) is 0 Å². The number of benzene rings is 2. The van der Waals surface area contributed by atoms with Gasteiger partial charge in [-0.2, -0.15) is 15.1 Å². The van der Waals surface area contributed by atoms with Gasteiger partial charge in [0.15, 0.2) is 5.69 Å². The van der Waals surface area contributed by atoms with E-state index in [1.807, 2.05) is 23.4 Å². The second kappa shape index (κ2) is 12.5. The largest absolute Gasteiger partial charge is 0.508 e. The van der Waals surface area contributed by atoms with Crippen molar-refractivity contribution in [1.82, 2.24) is 30.0 Å². The van der Waals surface area contributed by atoms with Gasteiger partial charge in [-0.15, -0.1) is 0 Å². The maximum atomic E-state index is 15.1. The number of phenolic OH excluding ortho intramolecular Hbond substituents is 1. The molecule has 2 aromatic heterocycles. The zero-order chi connectivity index (χ0) is 34.7. The molecule has 2 saturated heterocycles. The Morgan fingerprint density at radius 2 is 1.98 bits per heavy atom. The number of aromatic hydroxyl groups is 1. The molecule has 2 amide bonds. The zero-order valence-corrected chi connectivity index (χ0v) is 28.2. The molecule has 0 unspecified atom stereocenters. The van der Waals surface area contributed by atoms with Gasteiger partial charge in [0.05, 0.1) is 35.7 Å². The van der Waals surface area contributed by atoms with Gasteiger partial charge in [-0.25, -0.2) is 8.78 Å². The Hall–Kier alpha value is -4.85. The Bertz CT molecular complexity index is 2020. The minimum atomic E-state index is -0.914. The van der Waals surface area contributed by atoms with Crippen LogP contribution in [0, 0.1) is 5.82 Å². The summed E-state index contributed by atoms with van der Waals surface area (Å²) in [4.78, 5) is 42.5. The highest BCUT2D eigenvalue weighted by Gasteiger charge is 2.49. The minimum absolute atomic E-state index is 0.0490. The summed E-state index contributed by atoms with van der Waals surface area (Å²) in [5.41, 5.74) is 2.26. The van der Waals surface area contributed by atoms with Crippen molar-refractivity contribution < 1.29 is 28.2 Å². The number of nitrogens with one attached hydrogen (secondary N) is 1. The number of aryl methyl sites for hydroxylation is 2. The number of ether oxygens (including phenoxy) is 1. The summed E-state index contributed by atoms with van der Waals surface area (Å²) in [6, 6.07) is 7.89. The number of nitrogens with zero attached hydrogens (tertiary/aromatic N) is 7. The van der Waals surface area contributed by atoms with Crippen LogP contribution in [0.2, 0.25) is 0 Å². The van der Waals surface area contributed by atoms with Crippen LogP contribution in [0.1, 0.15) is 77.3 Å². The molecule has 6 heterocycles. The lowest BCUT2D eigenvalue weighted by Crippen LogP contribution is -2.43. The summed E-state index contributed by atoms with van der Waals surface area (Å²) in [5, 5.41) is 19.2. The molecule has 4 aliphatic rings. The Morgan fingerprint density at radius 1 is 1.12 bits per heavy atom. The second-order valence-electron chi connectivity index (χ2n) is 13.7. The Labute approximate surface area is 288 Å². The van der Waals surface area contributed by atoms with E-state index < -0.39 is 11.7 Å². The third kappa shape index (κ3) is 5.40. The van der Waals surface area contributed by atoms with Gasteiger partial charge in [-0.1, -0.05) is 13.0 Å². The topological polar surface area (TPSA) is 129 Å². The minimum Gasteiger partial charge on any atom is -0.508 e. The molecular weight excluding hydrogens is 646 g/mol. The first-order valence-corrected chi connectivity index (χ1v) is 17.5. The molecule has 0 spiro atoms. The van der Waals surface area contributed by atoms with Crippen LogP contribution in [0.15, 0.2) is 30.3 Å². The van der Waals surface area contributed by atoms with Gasteiger partial charge in [0.2, 0.25) is 0 Å². The molecule has 0 bridgehead atoms. The van der Waals surface area contributed by atoms with Crippen molar-refractivity contribution in [2.45, 2.75) is 77.3 Å². The quantitative estimate of drug-likeness (QED) is 0.275. The van der Waals surface area contributed by atoms with E-state index >= 15 is 4.39 Å². The first-order chi connectivity index (χ1) is 24.2. The molecule has 50 heavy (non-hydrogen) atoms. The van der Waals surface area contributed by atoms with E-state index in [9.17, 15) is 19.1 Å². The number of alkyl halides is 1. The molecule has 2 aromatic carbocycles. The summed E-state index contributed by atoms with van der Waals surface area (Å²) >= 11 is 0. The smallest absolute Gasteiger partial charge is 0.318 e. The van der Waals surface area contributed by atoms with Gasteiger partial charge in [-0.3, -0.25) is 19.2 Å². The van der Waals surface area contributed by atoms with E-state index in [2.05, 4.69) is 15.3 Å². The molecule has 2 N–H and O–H groups in total. The number of phenols is 1. The number of carbonyl (C=O) groups is 2. The monoisotopic (exact) mass is 686 g/mol. The average Bonchev–Trinajstić information content (AvgIpc) is 3.81. The molecule has 8 rings (SSSR count). The number of anilines is 2. The third-order valence-electron chi connectivity index (χ3n) is 10.6. The molecule has 14 heteroatoms. The van der Waals surface area contributed by atoms with Crippen LogP contribution in [0.4, 0.5) is 20.3 Å². The number of amides is 2. The van der Waals surface area contributed by atoms with Crippen LogP contribution < -0.4 is 19.9 Å². The third-order valence-corrected chi connectivity index (χ3v) is 10.6. The van der Waals surface area contributed by atoms with Gasteiger partial charge >= 0.3 is 6.01 Å². The summed E-state index contributed by atoms with van der Waals surface area (Å²) in [6.07, 6.45) is 2.32. The van der Waals surface area contributed by atoms with Crippen molar-refractivity contribution in [3.63, 3.8) is 0 Å². The van der Waals surface area contributed by atoms with Gasteiger partial charge in [0.1, 0.15) is 35.7 Å². The van der Waals surface area contributed by atoms with Crippen molar-refractivity contribution in [3.05, 3.63) is 64.4 Å². The lowest BCUT2D eigenvalue weighted by molar-refractivity contribution is 0.0948. The molecule has 262 valence electrons. The van der Waals surface area contributed by atoms with Crippen molar-refractivity contribution in [2.75, 3.05) is 42.6 Å². The average molecular weight is 687 g/mol. The maximum absolute atomic E-state index is 15.1. The van der Waals surface area contributed by atoms with Crippen LogP contribution >= 0.6 is 0 Å². The van der Waals surface area contributed by atoms with E-state index in [1.54, 1.807) is 18.2 Å². The molecule has 12 nitrogen and oxygen atoms in total. The Kier molecular flexibility index (Phi) is 8.08. The van der Waals surface area contributed by atoms with Gasteiger partial charge in [-0.05, 0) is 68.3 Å². The van der Waals surface area contributed by atoms with Crippen molar-refractivity contribution in [3.8, 4) is 11.8 Å². The SMILES string of the molecule is CCNC(=O)c1cc2n(n1)CCCN(c1nc(OC[C@@]34CCCN3C[C@H](F)C4)nc3c1C(=O)N(c1cc(O)cc4ccc(F)c(CC)c14)C3)C2. The zero-order valence-electron chi connectivity index (χ0n) is 28.2. The summed E-state index contributed by atoms with van der Waals surface area (Å²) in [5.74, 6) is -0.686. The molecule has 0 saturated carbocycles. The van der Waals surface area contributed by atoms with Crippen molar-refractivity contribution >= 4 is 34.1 Å². The first-order valence-electron chi connectivity index (χ1n) is 17.5. The highest BCUT2D eigenvalue weighted by atomic mass is 19.1. The number of rotatable bonds is 8. The molecular formula is C36H40F2N8O4. The van der Waals surface area contributed by atoms with Crippen LogP contribution in [-0.4, -0.2) is 86.1 Å². The van der Waals surface area contributed by atoms with Crippen LogP contribution in [-0.2, 0) is 26.1 Å². The van der Waals surface area contributed by atoms with Crippen LogP contribution in [0.3, 0.4) is 0 Å². The predicted octanol–water partition coefficient (Wildman–Crippen LogP) is 4.51. The molecule has 4 aliphatic heterocycles. The van der Waals surface area contributed by atoms with E-state index in [0.717, 1.165) is 25.1 Å². The highest BCUT2D eigenvalue weighted by Crippen LogP contribution is 2.43. The van der Waals surface area contributed by atoms with Gasteiger partial charge < -0.3 is 25.0 Å². The van der Waals surface area contributed by atoms with E-state index in [4.69, 9.17) is 14.7 Å². The summed E-state index contributed by atoms with van der Waals surface area (Å²) < 4.78 is 37.8. The van der Waals surface area contributed by atoms with E-state index in [-0.39, 0.29) is 42.5 Å². The number of hydrogen-bond donors (Lipinski definition) is 2. The molecule has 4 aromatic rings. The van der Waals surface area contributed by atoms with Gasteiger partial charge in [0, 0.05) is 44.1 Å². The predicted molar refractivity (Wildman–Crippen MR) is 182 cm³/mol. The normalized spacial score (nSPS) is 21.8. The highest BCUT2D eigenvalue weighted by molar-refractivity contribution is 6.16. The number of aromatic nitrogens is 4. The first kappa shape index (κ1) is 32.4. The van der Waals surface area contributed by atoms with Crippen LogP contribution in [0.5, 0.6) is 11.8 Å².